The van der Waals surface area contributed by atoms with Gasteiger partial charge in [-0.1, -0.05) is 17.3 Å². The molecule has 0 aliphatic carbocycles. The number of fused-ring (bicyclic) bond motifs is 1. The summed E-state index contributed by atoms with van der Waals surface area (Å²) in [5.41, 5.74) is 2.15. The number of ether oxygens (including phenoxy) is 3. The molecule has 0 radical (unpaired) electrons. The molecule has 9 nitrogen and oxygen atoms in total. The van der Waals surface area contributed by atoms with Crippen molar-refractivity contribution in [2.24, 2.45) is 0 Å². The first-order valence-electron chi connectivity index (χ1n) is 12.5. The van der Waals surface area contributed by atoms with Crippen LogP contribution in [0.3, 0.4) is 0 Å². The highest BCUT2D eigenvalue weighted by atomic mass is 19.1. The first kappa shape index (κ1) is 27.0. The van der Waals surface area contributed by atoms with Crippen molar-refractivity contribution in [2.75, 3.05) is 26.2 Å². The number of carbonyl (C=O) groups excluding carboxylic acids is 3. The number of aromatic nitrogens is 1. The lowest BCUT2D eigenvalue weighted by molar-refractivity contribution is -0.148. The Morgan fingerprint density at radius 1 is 1.16 bits per heavy atom. The van der Waals surface area contributed by atoms with Crippen LogP contribution in [0.1, 0.15) is 49.5 Å². The number of rotatable bonds is 11. The molecule has 0 amide bonds. The monoisotopic (exact) mass is 524 g/mol. The van der Waals surface area contributed by atoms with E-state index >= 15 is 0 Å². The number of piperidine rings is 1. The van der Waals surface area contributed by atoms with E-state index in [0.717, 1.165) is 67.7 Å². The third-order valence-electron chi connectivity index (χ3n) is 6.46. The molecule has 2 aromatic carbocycles. The Kier molecular flexibility index (Phi) is 9.21. The Morgan fingerprint density at radius 2 is 1.95 bits per heavy atom. The smallest absolute Gasteiger partial charge is 0.338 e. The van der Waals surface area contributed by atoms with Crippen LogP contribution in [0.4, 0.5) is 4.39 Å². The molecule has 1 aromatic heterocycles. The summed E-state index contributed by atoms with van der Waals surface area (Å²) in [4.78, 5) is 35.5. The van der Waals surface area contributed by atoms with Gasteiger partial charge in [0, 0.05) is 36.1 Å². The molecule has 1 aliphatic heterocycles. The van der Waals surface area contributed by atoms with Gasteiger partial charge < -0.3 is 23.6 Å². The zero-order valence-electron chi connectivity index (χ0n) is 21.0. The van der Waals surface area contributed by atoms with Gasteiger partial charge in [0.25, 0.3) is 0 Å². The highest BCUT2D eigenvalue weighted by molar-refractivity contribution is 5.93. The molecule has 38 heavy (non-hydrogen) atoms. The summed E-state index contributed by atoms with van der Waals surface area (Å²) in [6.45, 7) is 5.03. The lowest BCUT2D eigenvalue weighted by Gasteiger charge is -2.31. The summed E-state index contributed by atoms with van der Waals surface area (Å²) < 4.78 is 34.0. The van der Waals surface area contributed by atoms with Gasteiger partial charge in [0.1, 0.15) is 17.7 Å². The second-order valence-corrected chi connectivity index (χ2v) is 9.04. The van der Waals surface area contributed by atoms with E-state index in [1.54, 1.807) is 13.0 Å². The van der Waals surface area contributed by atoms with Crippen molar-refractivity contribution in [3.05, 3.63) is 71.7 Å². The van der Waals surface area contributed by atoms with Crippen LogP contribution in [-0.4, -0.2) is 54.7 Å². The Hall–Kier alpha value is -4.05. The fourth-order valence-corrected chi connectivity index (χ4v) is 4.50. The fraction of sp³-hybridized carbons (Fsp3) is 0.357. The van der Waals surface area contributed by atoms with Gasteiger partial charge in [0.2, 0.25) is 0 Å². The summed E-state index contributed by atoms with van der Waals surface area (Å²) >= 11 is 0. The van der Waals surface area contributed by atoms with Crippen molar-refractivity contribution in [3.63, 3.8) is 0 Å². The molecule has 10 heteroatoms. The van der Waals surface area contributed by atoms with E-state index in [4.69, 9.17) is 14.0 Å². The Labute approximate surface area is 219 Å². The van der Waals surface area contributed by atoms with Gasteiger partial charge in [0.05, 0.1) is 12.3 Å². The molecule has 3 aromatic rings. The molecule has 200 valence electrons. The number of carbonyl (C=O) groups is 3. The van der Waals surface area contributed by atoms with E-state index in [0.29, 0.717) is 23.9 Å². The van der Waals surface area contributed by atoms with Gasteiger partial charge in [-0.25, -0.2) is 14.0 Å². The predicted octanol–water partition coefficient (Wildman–Crippen LogP) is 4.48. The highest BCUT2D eigenvalue weighted by Crippen LogP contribution is 2.32. The maximum atomic E-state index is 13.4. The van der Waals surface area contributed by atoms with Crippen LogP contribution in [0, 0.1) is 5.82 Å². The molecule has 0 bridgehead atoms. The van der Waals surface area contributed by atoms with Crippen LogP contribution < -0.4 is 4.74 Å². The largest absolute Gasteiger partial charge is 0.494 e. The van der Waals surface area contributed by atoms with E-state index in [1.807, 2.05) is 24.3 Å². The van der Waals surface area contributed by atoms with Crippen molar-refractivity contribution in [2.45, 2.75) is 38.2 Å². The lowest BCUT2D eigenvalue weighted by Crippen LogP contribution is -2.34. The molecule has 0 saturated carbocycles. The fourth-order valence-electron chi connectivity index (χ4n) is 4.50. The Morgan fingerprint density at radius 3 is 2.74 bits per heavy atom. The SMILES string of the molecule is CC(OC(=O)/C=C/C(=O)OC=O)c1cccc(OCCCN2CCC(c3noc4cc(F)ccc34)CC2)c1. The van der Waals surface area contributed by atoms with E-state index in [1.165, 1.54) is 12.1 Å². The Bertz CT molecular complexity index is 1300. The summed E-state index contributed by atoms with van der Waals surface area (Å²) in [6, 6.07) is 11.8. The quantitative estimate of drug-likeness (QED) is 0.118. The maximum absolute atomic E-state index is 13.4. The van der Waals surface area contributed by atoms with Crippen molar-refractivity contribution in [1.82, 2.24) is 10.1 Å². The molecule has 1 aliphatic rings. The average Bonchev–Trinajstić information content (AvgIpc) is 3.33. The minimum absolute atomic E-state index is 0.0130. The predicted molar refractivity (Wildman–Crippen MR) is 135 cm³/mol. The normalized spacial score (nSPS) is 15.4. The number of esters is 2. The molecule has 2 heterocycles. The zero-order chi connectivity index (χ0) is 26.9. The number of benzene rings is 2. The number of nitrogens with zero attached hydrogens (tertiary/aromatic N) is 2. The van der Waals surface area contributed by atoms with Gasteiger partial charge in [-0.2, -0.15) is 0 Å². The molecular formula is C28H29FN2O7. The van der Waals surface area contributed by atoms with E-state index < -0.39 is 18.0 Å². The minimum Gasteiger partial charge on any atom is -0.494 e. The third-order valence-corrected chi connectivity index (χ3v) is 6.46. The first-order chi connectivity index (χ1) is 18.4. The van der Waals surface area contributed by atoms with Crippen molar-refractivity contribution >= 4 is 29.4 Å². The molecule has 0 spiro atoms. The molecule has 1 saturated heterocycles. The highest BCUT2D eigenvalue weighted by Gasteiger charge is 2.25. The zero-order valence-corrected chi connectivity index (χ0v) is 21.0. The van der Waals surface area contributed by atoms with Crippen molar-refractivity contribution in [1.29, 1.82) is 0 Å². The molecule has 1 unspecified atom stereocenters. The molecule has 1 atom stereocenters. The van der Waals surface area contributed by atoms with E-state index in [2.05, 4.69) is 14.8 Å². The minimum atomic E-state index is -0.953. The first-order valence-corrected chi connectivity index (χ1v) is 12.5. The second-order valence-electron chi connectivity index (χ2n) is 9.04. The molecular weight excluding hydrogens is 495 g/mol. The van der Waals surface area contributed by atoms with E-state index in [9.17, 15) is 18.8 Å². The molecule has 4 rings (SSSR count). The average molecular weight is 525 g/mol. The van der Waals surface area contributed by atoms with Crippen LogP contribution in [0.15, 0.2) is 59.1 Å². The van der Waals surface area contributed by atoms with Gasteiger partial charge >= 0.3 is 18.4 Å². The standard InChI is InChI=1S/C28H29FN2O7/c1-19(37-27(34)9-8-26(33)36-18-32)21-4-2-5-23(16-21)35-15-3-12-31-13-10-20(11-14-31)28-24-7-6-22(29)17-25(24)38-30-28/h2,4-9,16-20H,3,10-15H2,1H3/b9-8+. The van der Waals surface area contributed by atoms with Crippen LogP contribution in [0.5, 0.6) is 5.75 Å². The molecule has 0 N–H and O–H groups in total. The van der Waals surface area contributed by atoms with Gasteiger partial charge in [-0.05, 0) is 69.1 Å². The number of likely N-dealkylation sites (tertiary alicyclic amines) is 1. The third kappa shape index (κ3) is 7.25. The Balaban J connectivity index is 1.18. The summed E-state index contributed by atoms with van der Waals surface area (Å²) in [6.07, 6.45) is 3.94. The number of hydrogen-bond donors (Lipinski definition) is 0. The summed E-state index contributed by atoms with van der Waals surface area (Å²) in [5.74, 6) is -1.04. The molecule has 1 fully saturated rings. The summed E-state index contributed by atoms with van der Waals surface area (Å²) in [7, 11) is 0. The van der Waals surface area contributed by atoms with Crippen molar-refractivity contribution < 1.29 is 37.5 Å². The topological polar surface area (TPSA) is 108 Å². The van der Waals surface area contributed by atoms with Gasteiger partial charge in [-0.3, -0.25) is 4.79 Å². The maximum Gasteiger partial charge on any atom is 0.338 e. The summed E-state index contributed by atoms with van der Waals surface area (Å²) in [5, 5.41) is 5.10. The van der Waals surface area contributed by atoms with E-state index in [-0.39, 0.29) is 12.3 Å². The lowest BCUT2D eigenvalue weighted by atomic mass is 9.91. The van der Waals surface area contributed by atoms with Crippen LogP contribution in [0.25, 0.3) is 11.0 Å². The van der Waals surface area contributed by atoms with Gasteiger partial charge in [0.15, 0.2) is 5.58 Å². The van der Waals surface area contributed by atoms with Crippen LogP contribution in [0.2, 0.25) is 0 Å². The number of halogens is 1. The van der Waals surface area contributed by atoms with Crippen molar-refractivity contribution in [3.8, 4) is 5.75 Å². The van der Waals surface area contributed by atoms with Gasteiger partial charge in [-0.15, -0.1) is 0 Å². The number of hydrogen-bond acceptors (Lipinski definition) is 9. The van der Waals surface area contributed by atoms with Crippen LogP contribution in [-0.2, 0) is 23.9 Å². The van der Waals surface area contributed by atoms with Crippen LogP contribution >= 0.6 is 0 Å². The second kappa shape index (κ2) is 13.0.